The molecule has 5 nitrogen and oxygen atoms in total. The first kappa shape index (κ1) is 12.7. The highest BCUT2D eigenvalue weighted by atomic mass is 16.3. The first-order valence-electron chi connectivity index (χ1n) is 6.69. The summed E-state index contributed by atoms with van der Waals surface area (Å²) in [5.41, 5.74) is 2.32. The average molecular weight is 271 g/mol. The average Bonchev–Trinajstić information content (AvgIpc) is 3.14. The van der Waals surface area contributed by atoms with Crippen LogP contribution < -0.4 is 5.32 Å². The second-order valence-electron chi connectivity index (χ2n) is 5.33. The summed E-state index contributed by atoms with van der Waals surface area (Å²) in [6, 6.07) is 6.89. The monoisotopic (exact) mass is 271 g/mol. The molecule has 1 aromatic heterocycles. The first-order valence-corrected chi connectivity index (χ1v) is 6.69. The van der Waals surface area contributed by atoms with Crippen molar-refractivity contribution in [2.45, 2.75) is 25.7 Å². The predicted octanol–water partition coefficient (Wildman–Crippen LogP) is 2.56. The van der Waals surface area contributed by atoms with Crippen LogP contribution in [0.25, 0.3) is 0 Å². The van der Waals surface area contributed by atoms with Gasteiger partial charge >= 0.3 is 0 Å². The van der Waals surface area contributed by atoms with E-state index < -0.39 is 0 Å². The van der Waals surface area contributed by atoms with Crippen LogP contribution in [0.4, 0.5) is 5.82 Å². The molecule has 0 saturated heterocycles. The van der Waals surface area contributed by atoms with E-state index >= 15 is 0 Å². The molecular formula is C15H17N3O2. The Bertz CT molecular complexity index is 672. The normalized spacial score (nSPS) is 14.3. The molecule has 0 spiro atoms. The summed E-state index contributed by atoms with van der Waals surface area (Å²) in [5.74, 6) is 0.745. The molecule has 2 aromatic rings. The Morgan fingerprint density at radius 2 is 2.15 bits per heavy atom. The lowest BCUT2D eigenvalue weighted by atomic mass is 10.1. The Morgan fingerprint density at radius 3 is 2.80 bits per heavy atom. The fraction of sp³-hybridized carbons (Fsp3) is 0.333. The van der Waals surface area contributed by atoms with Gasteiger partial charge in [0.1, 0.15) is 5.75 Å². The number of carbonyl (C=O) groups is 1. The van der Waals surface area contributed by atoms with Gasteiger partial charge in [-0.2, -0.15) is 5.10 Å². The summed E-state index contributed by atoms with van der Waals surface area (Å²) in [4.78, 5) is 12.1. The van der Waals surface area contributed by atoms with E-state index in [-0.39, 0.29) is 17.2 Å². The number of aryl methyl sites for hydroxylation is 2. The highest BCUT2D eigenvalue weighted by Crippen LogP contribution is 2.40. The second-order valence-corrected chi connectivity index (χ2v) is 5.33. The largest absolute Gasteiger partial charge is 0.507 e. The van der Waals surface area contributed by atoms with E-state index in [0.29, 0.717) is 11.7 Å². The molecule has 0 unspecified atom stereocenters. The van der Waals surface area contributed by atoms with E-state index in [1.165, 1.54) is 12.8 Å². The number of aromatic nitrogens is 2. The number of nitrogens with zero attached hydrogens (tertiary/aromatic N) is 2. The van der Waals surface area contributed by atoms with Gasteiger partial charge in [-0.25, -0.2) is 0 Å². The van der Waals surface area contributed by atoms with E-state index in [0.717, 1.165) is 11.3 Å². The summed E-state index contributed by atoms with van der Waals surface area (Å²) >= 11 is 0. The summed E-state index contributed by atoms with van der Waals surface area (Å²) in [7, 11) is 1.88. The molecule has 1 heterocycles. The molecule has 20 heavy (non-hydrogen) atoms. The van der Waals surface area contributed by atoms with Crippen molar-refractivity contribution in [1.29, 1.82) is 0 Å². The smallest absolute Gasteiger partial charge is 0.260 e. The van der Waals surface area contributed by atoms with Gasteiger partial charge in [-0.05, 0) is 37.5 Å². The van der Waals surface area contributed by atoms with Crippen molar-refractivity contribution >= 4 is 11.7 Å². The van der Waals surface area contributed by atoms with Crippen LogP contribution in [0.1, 0.15) is 40.4 Å². The van der Waals surface area contributed by atoms with Crippen LogP contribution in [0.2, 0.25) is 0 Å². The molecule has 0 bridgehead atoms. The third-order valence-corrected chi connectivity index (χ3v) is 3.55. The van der Waals surface area contributed by atoms with Gasteiger partial charge in [-0.15, -0.1) is 0 Å². The van der Waals surface area contributed by atoms with Crippen LogP contribution in [0.5, 0.6) is 5.75 Å². The van der Waals surface area contributed by atoms with Crippen molar-refractivity contribution in [3.05, 3.63) is 41.1 Å². The number of amides is 1. The zero-order valence-corrected chi connectivity index (χ0v) is 11.6. The minimum Gasteiger partial charge on any atom is -0.507 e. The van der Waals surface area contributed by atoms with E-state index in [2.05, 4.69) is 10.4 Å². The lowest BCUT2D eigenvalue weighted by Gasteiger charge is -2.05. The SMILES string of the molecule is Cc1ccc(C(=O)Nc2cc(C3CC3)n(C)n2)c(O)c1. The van der Waals surface area contributed by atoms with Gasteiger partial charge < -0.3 is 10.4 Å². The van der Waals surface area contributed by atoms with Crippen molar-refractivity contribution in [2.75, 3.05) is 5.32 Å². The number of nitrogens with one attached hydrogen (secondary N) is 1. The quantitative estimate of drug-likeness (QED) is 0.901. The fourth-order valence-electron chi connectivity index (χ4n) is 2.32. The maximum Gasteiger partial charge on any atom is 0.260 e. The summed E-state index contributed by atoms with van der Waals surface area (Å²) < 4.78 is 1.81. The number of rotatable bonds is 3. The predicted molar refractivity (Wildman–Crippen MR) is 76.0 cm³/mol. The molecule has 2 N–H and O–H groups in total. The Labute approximate surface area is 117 Å². The molecule has 0 aliphatic heterocycles. The second kappa shape index (κ2) is 4.67. The highest BCUT2D eigenvalue weighted by molar-refractivity contribution is 6.05. The number of hydrogen-bond donors (Lipinski definition) is 2. The third kappa shape index (κ3) is 2.39. The van der Waals surface area contributed by atoms with Gasteiger partial charge in [0.2, 0.25) is 0 Å². The minimum atomic E-state index is -0.344. The number of anilines is 1. The minimum absolute atomic E-state index is 0.0131. The molecule has 104 valence electrons. The Balaban J connectivity index is 1.80. The van der Waals surface area contributed by atoms with Crippen molar-refractivity contribution in [3.63, 3.8) is 0 Å². The molecule has 1 aromatic carbocycles. The Hall–Kier alpha value is -2.30. The summed E-state index contributed by atoms with van der Waals surface area (Å²) in [5, 5.41) is 16.8. The van der Waals surface area contributed by atoms with Crippen LogP contribution in [0.3, 0.4) is 0 Å². The third-order valence-electron chi connectivity index (χ3n) is 3.55. The molecule has 5 heteroatoms. The number of aromatic hydroxyl groups is 1. The van der Waals surface area contributed by atoms with Crippen molar-refractivity contribution in [1.82, 2.24) is 9.78 Å². The zero-order chi connectivity index (χ0) is 14.3. The van der Waals surface area contributed by atoms with Gasteiger partial charge in [-0.1, -0.05) is 6.07 Å². The van der Waals surface area contributed by atoms with Gasteiger partial charge in [0, 0.05) is 24.7 Å². The lowest BCUT2D eigenvalue weighted by molar-refractivity contribution is 0.102. The van der Waals surface area contributed by atoms with Crippen LogP contribution in [0, 0.1) is 6.92 Å². The maximum absolute atomic E-state index is 12.1. The fourth-order valence-corrected chi connectivity index (χ4v) is 2.32. The van der Waals surface area contributed by atoms with Gasteiger partial charge in [0.05, 0.1) is 5.56 Å². The van der Waals surface area contributed by atoms with E-state index in [9.17, 15) is 9.90 Å². The zero-order valence-electron chi connectivity index (χ0n) is 11.6. The molecule has 1 fully saturated rings. The van der Waals surface area contributed by atoms with Gasteiger partial charge in [-0.3, -0.25) is 9.48 Å². The lowest BCUT2D eigenvalue weighted by Crippen LogP contribution is -2.12. The maximum atomic E-state index is 12.1. The van der Waals surface area contributed by atoms with E-state index in [4.69, 9.17) is 0 Å². The van der Waals surface area contributed by atoms with Crippen LogP contribution in [-0.2, 0) is 7.05 Å². The highest BCUT2D eigenvalue weighted by Gasteiger charge is 2.27. The van der Waals surface area contributed by atoms with Crippen LogP contribution in [-0.4, -0.2) is 20.8 Å². The topological polar surface area (TPSA) is 67.2 Å². The number of benzene rings is 1. The molecule has 1 aliphatic carbocycles. The van der Waals surface area contributed by atoms with E-state index in [1.54, 1.807) is 18.2 Å². The Morgan fingerprint density at radius 1 is 1.40 bits per heavy atom. The number of hydrogen-bond acceptors (Lipinski definition) is 3. The Kier molecular flexibility index (Phi) is 2.97. The summed E-state index contributed by atoms with van der Waals surface area (Å²) in [6.07, 6.45) is 2.37. The first-order chi connectivity index (χ1) is 9.54. The number of phenols is 1. The standard InChI is InChI=1S/C15H17N3O2/c1-9-3-6-11(13(19)7-9)15(20)16-14-8-12(10-4-5-10)18(2)17-14/h3,6-8,10,19H,4-5H2,1-2H3,(H,16,17,20). The van der Waals surface area contributed by atoms with Crippen LogP contribution in [0.15, 0.2) is 24.3 Å². The van der Waals surface area contributed by atoms with Crippen molar-refractivity contribution in [3.8, 4) is 5.75 Å². The molecule has 0 radical (unpaired) electrons. The molecule has 1 aliphatic rings. The van der Waals surface area contributed by atoms with Gasteiger partial charge in [0.15, 0.2) is 5.82 Å². The number of phenolic OH excluding ortho intramolecular Hbond substituents is 1. The molecule has 3 rings (SSSR count). The molecule has 0 atom stereocenters. The molecule has 1 amide bonds. The number of carbonyl (C=O) groups excluding carboxylic acids is 1. The van der Waals surface area contributed by atoms with E-state index in [1.807, 2.05) is 24.7 Å². The van der Waals surface area contributed by atoms with Crippen molar-refractivity contribution < 1.29 is 9.90 Å². The van der Waals surface area contributed by atoms with Crippen molar-refractivity contribution in [2.24, 2.45) is 7.05 Å². The van der Waals surface area contributed by atoms with Crippen LogP contribution >= 0.6 is 0 Å². The van der Waals surface area contributed by atoms with Gasteiger partial charge in [0.25, 0.3) is 5.91 Å². The molecular weight excluding hydrogens is 254 g/mol. The summed E-state index contributed by atoms with van der Waals surface area (Å²) in [6.45, 7) is 1.86. The molecule has 1 saturated carbocycles.